The molecular weight excluding hydrogens is 202 g/mol. The molecule has 0 radical (unpaired) electrons. The van der Waals surface area contributed by atoms with Crippen LogP contribution in [0.25, 0.3) is 0 Å². The predicted molar refractivity (Wildman–Crippen MR) is 52.4 cm³/mol. The maximum atomic E-state index is 11.4. The molecule has 6 heteroatoms. The number of nitrogens with zero attached hydrogens (tertiary/aromatic N) is 1. The number of rotatable bonds is 3. The van der Waals surface area contributed by atoms with Gasteiger partial charge in [0.2, 0.25) is 0 Å². The molecule has 90 valence electrons. The zero-order valence-corrected chi connectivity index (χ0v) is 9.52. The van der Waals surface area contributed by atoms with Gasteiger partial charge in [-0.15, -0.1) is 0 Å². The molecule has 0 aromatic rings. The average molecular weight is 221 g/mol. The number of carbonyl (C=O) groups excluding carboxylic acids is 1. The number of carbonyl (C=O) groups is 1. The third-order valence-electron chi connectivity index (χ3n) is 1.76. The van der Waals surface area contributed by atoms with Gasteiger partial charge in [-0.05, 0) is 27.7 Å². The molecule has 0 aliphatic carbocycles. The van der Waals surface area contributed by atoms with E-state index in [2.05, 4.69) is 0 Å². The summed E-state index contributed by atoms with van der Waals surface area (Å²) in [5.74, 6) is 0. The number of aliphatic hydroxyl groups excluding tert-OH is 2. The average Bonchev–Trinajstić information content (AvgIpc) is 2.12. The van der Waals surface area contributed by atoms with Gasteiger partial charge in [-0.1, -0.05) is 0 Å². The number of hydrogen-bond acceptors (Lipinski definition) is 5. The van der Waals surface area contributed by atoms with E-state index in [-0.39, 0.29) is 5.06 Å². The summed E-state index contributed by atoms with van der Waals surface area (Å²) >= 11 is 0. The first-order chi connectivity index (χ1) is 6.66. The van der Waals surface area contributed by atoms with Crippen LogP contribution in [0, 0.1) is 0 Å². The summed E-state index contributed by atoms with van der Waals surface area (Å²) in [6.07, 6.45) is -1.01. The van der Waals surface area contributed by atoms with Crippen LogP contribution in [-0.2, 0) is 4.74 Å². The molecule has 0 unspecified atom stereocenters. The van der Waals surface area contributed by atoms with Gasteiger partial charge in [0.1, 0.15) is 11.1 Å². The first kappa shape index (κ1) is 14.2. The SMILES string of the molecule is CC(C)(C)OC(=O)N(O)C(C)(CO)CO. The fourth-order valence-corrected chi connectivity index (χ4v) is 0.710. The van der Waals surface area contributed by atoms with E-state index in [9.17, 15) is 10.0 Å². The highest BCUT2D eigenvalue weighted by atomic mass is 16.6. The van der Waals surface area contributed by atoms with E-state index < -0.39 is 30.4 Å². The molecule has 1 amide bonds. The van der Waals surface area contributed by atoms with Crippen molar-refractivity contribution in [3.8, 4) is 0 Å². The van der Waals surface area contributed by atoms with Gasteiger partial charge in [0.05, 0.1) is 13.2 Å². The summed E-state index contributed by atoms with van der Waals surface area (Å²) in [5.41, 5.74) is -2.19. The Labute approximate surface area is 89.0 Å². The van der Waals surface area contributed by atoms with Gasteiger partial charge < -0.3 is 14.9 Å². The molecule has 0 aliphatic heterocycles. The summed E-state index contributed by atoms with van der Waals surface area (Å²) in [7, 11) is 0. The van der Waals surface area contributed by atoms with Crippen molar-refractivity contribution < 1.29 is 25.0 Å². The summed E-state index contributed by atoms with van der Waals surface area (Å²) in [6.45, 7) is 5.13. The highest BCUT2D eigenvalue weighted by molar-refractivity contribution is 5.67. The second-order valence-corrected chi connectivity index (χ2v) is 4.61. The normalized spacial score (nSPS) is 12.5. The molecule has 0 bridgehead atoms. The lowest BCUT2D eigenvalue weighted by atomic mass is 10.1. The van der Waals surface area contributed by atoms with E-state index in [1.54, 1.807) is 20.8 Å². The van der Waals surface area contributed by atoms with Crippen LogP contribution in [-0.4, -0.2) is 50.9 Å². The minimum Gasteiger partial charge on any atom is -0.442 e. The van der Waals surface area contributed by atoms with Crippen LogP contribution in [0.5, 0.6) is 0 Å². The Morgan fingerprint density at radius 3 is 1.87 bits per heavy atom. The second-order valence-electron chi connectivity index (χ2n) is 4.61. The van der Waals surface area contributed by atoms with Crippen molar-refractivity contribution in [3.63, 3.8) is 0 Å². The van der Waals surface area contributed by atoms with Crippen molar-refractivity contribution in [2.75, 3.05) is 13.2 Å². The van der Waals surface area contributed by atoms with Gasteiger partial charge in [-0.3, -0.25) is 5.21 Å². The molecule has 0 fully saturated rings. The van der Waals surface area contributed by atoms with Crippen molar-refractivity contribution in [1.29, 1.82) is 0 Å². The quantitative estimate of drug-likeness (QED) is 0.473. The predicted octanol–water partition coefficient (Wildman–Crippen LogP) is 0.356. The van der Waals surface area contributed by atoms with Gasteiger partial charge in [0.15, 0.2) is 0 Å². The van der Waals surface area contributed by atoms with Crippen molar-refractivity contribution in [1.82, 2.24) is 5.06 Å². The largest absolute Gasteiger partial charge is 0.442 e. The van der Waals surface area contributed by atoms with Crippen molar-refractivity contribution in [2.24, 2.45) is 0 Å². The van der Waals surface area contributed by atoms with Crippen LogP contribution in [0.1, 0.15) is 27.7 Å². The van der Waals surface area contributed by atoms with Crippen LogP contribution in [0.15, 0.2) is 0 Å². The fraction of sp³-hybridized carbons (Fsp3) is 0.889. The lowest BCUT2D eigenvalue weighted by molar-refractivity contribution is -0.176. The Morgan fingerprint density at radius 1 is 1.20 bits per heavy atom. The highest BCUT2D eigenvalue weighted by Crippen LogP contribution is 2.16. The van der Waals surface area contributed by atoms with E-state index in [1.165, 1.54) is 6.92 Å². The molecule has 0 saturated heterocycles. The van der Waals surface area contributed by atoms with E-state index in [1.807, 2.05) is 0 Å². The summed E-state index contributed by atoms with van der Waals surface area (Å²) in [4.78, 5) is 11.4. The standard InChI is InChI=1S/C9H19NO5/c1-8(2,3)15-7(13)10(14)9(4,5-11)6-12/h11-12,14H,5-6H2,1-4H3. The Kier molecular flexibility index (Phi) is 4.51. The van der Waals surface area contributed by atoms with E-state index in [0.29, 0.717) is 0 Å². The molecule has 0 heterocycles. The second kappa shape index (κ2) is 4.78. The van der Waals surface area contributed by atoms with Crippen LogP contribution < -0.4 is 0 Å². The van der Waals surface area contributed by atoms with Gasteiger partial charge in [-0.2, -0.15) is 5.06 Å². The van der Waals surface area contributed by atoms with Gasteiger partial charge in [-0.25, -0.2) is 4.79 Å². The van der Waals surface area contributed by atoms with Crippen molar-refractivity contribution in [2.45, 2.75) is 38.8 Å². The first-order valence-electron chi connectivity index (χ1n) is 4.60. The van der Waals surface area contributed by atoms with Crippen molar-refractivity contribution >= 4 is 6.09 Å². The number of hydrogen-bond donors (Lipinski definition) is 3. The Morgan fingerprint density at radius 2 is 1.60 bits per heavy atom. The molecule has 0 aliphatic rings. The summed E-state index contributed by atoms with van der Waals surface area (Å²) in [5, 5.41) is 27.5. The van der Waals surface area contributed by atoms with Crippen LogP contribution >= 0.6 is 0 Å². The zero-order valence-electron chi connectivity index (χ0n) is 9.52. The van der Waals surface area contributed by atoms with Crippen molar-refractivity contribution in [3.05, 3.63) is 0 Å². The van der Waals surface area contributed by atoms with E-state index in [0.717, 1.165) is 0 Å². The maximum Gasteiger partial charge on any atom is 0.434 e. The molecular formula is C9H19NO5. The Hall–Kier alpha value is -0.850. The zero-order chi connectivity index (χ0) is 12.3. The minimum atomic E-state index is -1.44. The maximum absolute atomic E-state index is 11.4. The molecule has 6 nitrogen and oxygen atoms in total. The van der Waals surface area contributed by atoms with E-state index in [4.69, 9.17) is 14.9 Å². The number of aliphatic hydroxyl groups is 2. The lowest BCUT2D eigenvalue weighted by Crippen LogP contribution is -2.54. The number of hydroxylamine groups is 2. The Bertz CT molecular complexity index is 219. The molecule has 0 aromatic carbocycles. The molecule has 3 N–H and O–H groups in total. The fourth-order valence-electron chi connectivity index (χ4n) is 0.710. The highest BCUT2D eigenvalue weighted by Gasteiger charge is 2.36. The molecule has 0 saturated carbocycles. The topological polar surface area (TPSA) is 90.2 Å². The molecule has 0 atom stereocenters. The van der Waals surface area contributed by atoms with Crippen LogP contribution in [0.2, 0.25) is 0 Å². The van der Waals surface area contributed by atoms with E-state index >= 15 is 0 Å². The third kappa shape index (κ3) is 4.03. The van der Waals surface area contributed by atoms with Crippen LogP contribution in [0.4, 0.5) is 4.79 Å². The Balaban J connectivity index is 4.57. The summed E-state index contributed by atoms with van der Waals surface area (Å²) < 4.78 is 4.86. The minimum absolute atomic E-state index is 0.207. The number of amides is 1. The molecule has 0 aromatic heterocycles. The monoisotopic (exact) mass is 221 g/mol. The number of ether oxygens (including phenoxy) is 1. The first-order valence-corrected chi connectivity index (χ1v) is 4.60. The molecule has 0 rings (SSSR count). The smallest absolute Gasteiger partial charge is 0.434 e. The van der Waals surface area contributed by atoms with Gasteiger partial charge in [0.25, 0.3) is 0 Å². The van der Waals surface area contributed by atoms with Gasteiger partial charge >= 0.3 is 6.09 Å². The summed E-state index contributed by atoms with van der Waals surface area (Å²) in [6, 6.07) is 0. The van der Waals surface area contributed by atoms with Crippen LogP contribution in [0.3, 0.4) is 0 Å². The lowest BCUT2D eigenvalue weighted by Gasteiger charge is -2.34. The van der Waals surface area contributed by atoms with Gasteiger partial charge in [0, 0.05) is 0 Å². The third-order valence-corrected chi connectivity index (χ3v) is 1.76. The molecule has 15 heavy (non-hydrogen) atoms. The molecule has 0 spiro atoms.